The van der Waals surface area contributed by atoms with Crippen LogP contribution in [0.5, 0.6) is 17.2 Å². The number of halogens is 1. The summed E-state index contributed by atoms with van der Waals surface area (Å²) in [7, 11) is 4.85. The number of hydrogen-bond donors (Lipinski definition) is 2. The van der Waals surface area contributed by atoms with Crippen molar-refractivity contribution < 1.29 is 14.2 Å². The molecule has 30 heavy (non-hydrogen) atoms. The van der Waals surface area contributed by atoms with Crippen LogP contribution >= 0.6 is 24.0 Å². The molecule has 0 spiro atoms. The van der Waals surface area contributed by atoms with Crippen LogP contribution in [0.25, 0.3) is 0 Å². The van der Waals surface area contributed by atoms with Gasteiger partial charge in [-0.05, 0) is 37.5 Å². The van der Waals surface area contributed by atoms with Crippen LogP contribution in [0.4, 0.5) is 0 Å². The topological polar surface area (TPSA) is 64.1 Å². The highest BCUT2D eigenvalue weighted by Crippen LogP contribution is 2.47. The highest BCUT2D eigenvalue weighted by Gasteiger charge is 2.44. The van der Waals surface area contributed by atoms with Crippen LogP contribution in [0.3, 0.4) is 0 Å². The Balaban J connectivity index is 0.00000320. The number of methoxy groups -OCH3 is 3. The van der Waals surface area contributed by atoms with Crippen molar-refractivity contribution in [3.8, 4) is 17.2 Å². The van der Waals surface area contributed by atoms with E-state index in [-0.39, 0.29) is 29.4 Å². The fraction of sp³-hybridized carbons (Fsp3) is 0.435. The summed E-state index contributed by atoms with van der Waals surface area (Å²) >= 11 is 0. The molecule has 2 aromatic carbocycles. The van der Waals surface area contributed by atoms with Gasteiger partial charge in [-0.2, -0.15) is 0 Å². The van der Waals surface area contributed by atoms with E-state index in [0.717, 1.165) is 24.6 Å². The monoisotopic (exact) mass is 525 g/mol. The summed E-state index contributed by atoms with van der Waals surface area (Å²) in [4.78, 5) is 4.77. The fourth-order valence-electron chi connectivity index (χ4n) is 3.56. The van der Waals surface area contributed by atoms with Gasteiger partial charge in [0.15, 0.2) is 17.5 Å². The number of rotatable bonds is 9. The zero-order chi connectivity index (χ0) is 20.7. The number of nitrogens with zero attached hydrogens (tertiary/aromatic N) is 1. The molecule has 1 aliphatic carbocycles. The van der Waals surface area contributed by atoms with Gasteiger partial charge in [0.05, 0.1) is 27.9 Å². The summed E-state index contributed by atoms with van der Waals surface area (Å²) in [5.41, 5.74) is 2.55. The van der Waals surface area contributed by atoms with E-state index in [1.165, 1.54) is 18.4 Å². The van der Waals surface area contributed by atoms with Crippen molar-refractivity contribution in [2.24, 2.45) is 4.99 Å². The third-order valence-electron chi connectivity index (χ3n) is 5.37. The average molecular weight is 525 g/mol. The van der Waals surface area contributed by atoms with E-state index >= 15 is 0 Å². The first-order valence-corrected chi connectivity index (χ1v) is 10.0. The molecule has 2 aromatic rings. The highest BCUT2D eigenvalue weighted by atomic mass is 127. The lowest BCUT2D eigenvalue weighted by Crippen LogP contribution is -2.41. The molecule has 0 heterocycles. The van der Waals surface area contributed by atoms with Gasteiger partial charge in [-0.3, -0.25) is 0 Å². The van der Waals surface area contributed by atoms with Gasteiger partial charge in [0.2, 0.25) is 5.75 Å². The predicted molar refractivity (Wildman–Crippen MR) is 132 cm³/mol. The quantitative estimate of drug-likeness (QED) is 0.293. The van der Waals surface area contributed by atoms with E-state index in [1.54, 1.807) is 21.3 Å². The van der Waals surface area contributed by atoms with E-state index in [4.69, 9.17) is 19.2 Å². The van der Waals surface area contributed by atoms with Gasteiger partial charge in [0.25, 0.3) is 0 Å². The Hall–Kier alpha value is -2.16. The summed E-state index contributed by atoms with van der Waals surface area (Å²) in [6, 6.07) is 14.5. The second-order valence-corrected chi connectivity index (χ2v) is 7.19. The SMILES string of the molecule is CCNC(=NCc1ccc(OC)c(OC)c1OC)NCC1(c2ccccc2)CC1.I. The molecule has 164 valence electrons. The number of guanidine groups is 1. The number of hydrogen-bond acceptors (Lipinski definition) is 4. The summed E-state index contributed by atoms with van der Waals surface area (Å²) in [6.07, 6.45) is 2.40. The molecular formula is C23H32IN3O3. The first-order valence-electron chi connectivity index (χ1n) is 10.0. The second-order valence-electron chi connectivity index (χ2n) is 7.19. The minimum atomic E-state index is 0. The Labute approximate surface area is 196 Å². The Morgan fingerprint density at radius 2 is 1.63 bits per heavy atom. The minimum Gasteiger partial charge on any atom is -0.493 e. The van der Waals surface area contributed by atoms with E-state index in [9.17, 15) is 0 Å². The molecule has 0 amide bonds. The van der Waals surface area contributed by atoms with Crippen LogP contribution in [0.2, 0.25) is 0 Å². The van der Waals surface area contributed by atoms with Crippen LogP contribution in [0.15, 0.2) is 47.5 Å². The number of aliphatic imine (C=N–C) groups is 1. The Morgan fingerprint density at radius 3 is 2.20 bits per heavy atom. The van der Waals surface area contributed by atoms with Crippen LogP contribution in [0.1, 0.15) is 30.9 Å². The van der Waals surface area contributed by atoms with Crippen molar-refractivity contribution in [3.05, 3.63) is 53.6 Å². The van der Waals surface area contributed by atoms with Crippen molar-refractivity contribution in [1.29, 1.82) is 0 Å². The Kier molecular flexibility index (Phi) is 9.08. The first-order chi connectivity index (χ1) is 14.2. The summed E-state index contributed by atoms with van der Waals surface area (Å²) in [5, 5.41) is 6.86. The van der Waals surface area contributed by atoms with Gasteiger partial charge in [-0.25, -0.2) is 4.99 Å². The van der Waals surface area contributed by atoms with Crippen molar-refractivity contribution in [3.63, 3.8) is 0 Å². The molecule has 0 atom stereocenters. The van der Waals surface area contributed by atoms with Crippen LogP contribution < -0.4 is 24.8 Å². The molecule has 3 rings (SSSR count). The predicted octanol–water partition coefficient (Wildman–Crippen LogP) is 4.12. The summed E-state index contributed by atoms with van der Waals surface area (Å²) < 4.78 is 16.4. The molecule has 1 aliphatic rings. The van der Waals surface area contributed by atoms with Crippen LogP contribution in [-0.2, 0) is 12.0 Å². The highest BCUT2D eigenvalue weighted by molar-refractivity contribution is 14.0. The zero-order valence-electron chi connectivity index (χ0n) is 18.2. The average Bonchev–Trinajstić information content (AvgIpc) is 3.56. The van der Waals surface area contributed by atoms with Crippen LogP contribution in [0, 0.1) is 0 Å². The molecule has 0 bridgehead atoms. The maximum absolute atomic E-state index is 5.57. The lowest BCUT2D eigenvalue weighted by Gasteiger charge is -2.19. The van der Waals surface area contributed by atoms with Crippen molar-refractivity contribution in [2.75, 3.05) is 34.4 Å². The molecule has 6 nitrogen and oxygen atoms in total. The Bertz CT molecular complexity index is 839. The van der Waals surface area contributed by atoms with Crippen molar-refractivity contribution >= 4 is 29.9 Å². The van der Waals surface area contributed by atoms with Gasteiger partial charge in [-0.1, -0.05) is 30.3 Å². The van der Waals surface area contributed by atoms with E-state index in [0.29, 0.717) is 23.8 Å². The maximum Gasteiger partial charge on any atom is 0.203 e. The van der Waals surface area contributed by atoms with E-state index in [1.807, 2.05) is 12.1 Å². The third kappa shape index (κ3) is 5.50. The number of benzene rings is 2. The third-order valence-corrected chi connectivity index (χ3v) is 5.37. The lowest BCUT2D eigenvalue weighted by molar-refractivity contribution is 0.322. The van der Waals surface area contributed by atoms with Crippen LogP contribution in [-0.4, -0.2) is 40.4 Å². The first kappa shape index (κ1) is 24.1. The second kappa shape index (κ2) is 11.3. The zero-order valence-corrected chi connectivity index (χ0v) is 20.5. The number of nitrogens with one attached hydrogen (secondary N) is 2. The maximum atomic E-state index is 5.57. The molecule has 0 aromatic heterocycles. The fourth-order valence-corrected chi connectivity index (χ4v) is 3.56. The standard InChI is InChI=1S/C23H31N3O3.HI/c1-5-24-22(26-16-23(13-14-23)18-9-7-6-8-10-18)25-15-17-11-12-19(27-2)21(29-4)20(17)28-3;/h6-12H,5,13-16H2,1-4H3,(H2,24,25,26);1H. The lowest BCUT2D eigenvalue weighted by atomic mass is 9.96. The normalized spacial score (nSPS) is 14.3. The van der Waals surface area contributed by atoms with E-state index in [2.05, 4.69) is 47.9 Å². The smallest absolute Gasteiger partial charge is 0.203 e. The molecular weight excluding hydrogens is 493 g/mol. The Morgan fingerprint density at radius 1 is 0.933 bits per heavy atom. The molecule has 0 radical (unpaired) electrons. The van der Waals surface area contributed by atoms with E-state index < -0.39 is 0 Å². The molecule has 7 heteroatoms. The molecule has 1 fully saturated rings. The molecule has 0 saturated heterocycles. The molecule has 2 N–H and O–H groups in total. The minimum absolute atomic E-state index is 0. The molecule has 1 saturated carbocycles. The van der Waals surface area contributed by atoms with Crippen molar-refractivity contribution in [2.45, 2.75) is 31.7 Å². The summed E-state index contributed by atoms with van der Waals surface area (Å²) in [5.74, 6) is 2.67. The van der Waals surface area contributed by atoms with Gasteiger partial charge < -0.3 is 24.8 Å². The molecule has 0 unspecified atom stereocenters. The van der Waals surface area contributed by atoms with Gasteiger partial charge in [0.1, 0.15) is 0 Å². The summed E-state index contributed by atoms with van der Waals surface area (Å²) in [6.45, 7) is 4.20. The van der Waals surface area contributed by atoms with Gasteiger partial charge in [0, 0.05) is 24.1 Å². The molecule has 0 aliphatic heterocycles. The van der Waals surface area contributed by atoms with Gasteiger partial charge in [-0.15, -0.1) is 24.0 Å². The number of ether oxygens (including phenoxy) is 3. The van der Waals surface area contributed by atoms with Gasteiger partial charge >= 0.3 is 0 Å². The van der Waals surface area contributed by atoms with Crippen molar-refractivity contribution in [1.82, 2.24) is 10.6 Å². The largest absolute Gasteiger partial charge is 0.493 e.